The van der Waals surface area contributed by atoms with E-state index in [0.29, 0.717) is 23.7 Å². The molecule has 0 radical (unpaired) electrons. The van der Waals surface area contributed by atoms with E-state index in [2.05, 4.69) is 5.32 Å². The van der Waals surface area contributed by atoms with Crippen LogP contribution in [0.15, 0.2) is 24.3 Å². The number of thioether (sulfide) groups is 1. The van der Waals surface area contributed by atoms with Crippen LogP contribution in [0.4, 0.5) is 5.69 Å². The van der Waals surface area contributed by atoms with Crippen LogP contribution in [0.25, 0.3) is 0 Å². The molecule has 1 aliphatic heterocycles. The van der Waals surface area contributed by atoms with Crippen molar-refractivity contribution in [3.05, 3.63) is 24.3 Å². The zero-order chi connectivity index (χ0) is 18.6. The van der Waals surface area contributed by atoms with Crippen molar-refractivity contribution < 1.29 is 14.3 Å². The number of carbonyl (C=O) groups excluding carboxylic acids is 2. The second-order valence-corrected chi connectivity index (χ2v) is 8.80. The monoisotopic (exact) mass is 364 g/mol. The number of nitrogens with one attached hydrogen (secondary N) is 1. The molecule has 1 fully saturated rings. The molecule has 2 amide bonds. The number of carbonyl (C=O) groups is 2. The molecule has 138 valence electrons. The van der Waals surface area contributed by atoms with Gasteiger partial charge in [-0.05, 0) is 43.5 Å². The minimum Gasteiger partial charge on any atom is -0.491 e. The van der Waals surface area contributed by atoms with Crippen LogP contribution >= 0.6 is 11.8 Å². The Morgan fingerprint density at radius 2 is 1.92 bits per heavy atom. The predicted octanol–water partition coefficient (Wildman–Crippen LogP) is 3.75. The Morgan fingerprint density at radius 3 is 2.48 bits per heavy atom. The van der Waals surface area contributed by atoms with Gasteiger partial charge in [0.25, 0.3) is 0 Å². The average Bonchev–Trinajstić information content (AvgIpc) is 2.96. The van der Waals surface area contributed by atoms with Gasteiger partial charge in [-0.2, -0.15) is 0 Å². The van der Waals surface area contributed by atoms with Gasteiger partial charge < -0.3 is 15.0 Å². The third-order valence-electron chi connectivity index (χ3n) is 3.68. The topological polar surface area (TPSA) is 58.6 Å². The Morgan fingerprint density at radius 1 is 1.28 bits per heavy atom. The molecule has 5 nitrogen and oxygen atoms in total. The third kappa shape index (κ3) is 5.96. The molecule has 1 aromatic carbocycles. The van der Waals surface area contributed by atoms with Crippen LogP contribution in [0.5, 0.6) is 5.75 Å². The average molecular weight is 365 g/mol. The molecule has 2 rings (SSSR count). The minimum absolute atomic E-state index is 0.0401. The summed E-state index contributed by atoms with van der Waals surface area (Å²) >= 11 is 1.62. The zero-order valence-corrected chi connectivity index (χ0v) is 16.5. The van der Waals surface area contributed by atoms with E-state index in [1.165, 1.54) is 0 Å². The van der Waals surface area contributed by atoms with Crippen LogP contribution in [0.3, 0.4) is 0 Å². The van der Waals surface area contributed by atoms with Gasteiger partial charge in [0.1, 0.15) is 11.8 Å². The second-order valence-electron chi connectivity index (χ2n) is 7.80. The molecular formula is C19H28N2O3S. The van der Waals surface area contributed by atoms with Gasteiger partial charge in [0.15, 0.2) is 0 Å². The van der Waals surface area contributed by atoms with E-state index in [0.717, 1.165) is 5.75 Å². The first-order chi connectivity index (χ1) is 11.7. The summed E-state index contributed by atoms with van der Waals surface area (Å²) in [7, 11) is 0. The Hall–Kier alpha value is -1.69. The first-order valence-electron chi connectivity index (χ1n) is 8.60. The number of amides is 2. The minimum atomic E-state index is -0.411. The number of rotatable bonds is 5. The lowest BCUT2D eigenvalue weighted by Gasteiger charge is -2.26. The first kappa shape index (κ1) is 19.6. The highest BCUT2D eigenvalue weighted by atomic mass is 32.2. The molecule has 6 heteroatoms. The molecule has 1 aromatic rings. The highest BCUT2D eigenvalue weighted by Gasteiger charge is 2.35. The Labute approximate surface area is 154 Å². The summed E-state index contributed by atoms with van der Waals surface area (Å²) in [6.45, 7) is 10.0. The number of nitrogens with zero attached hydrogens (tertiary/aromatic N) is 1. The molecule has 0 aromatic heterocycles. The fourth-order valence-corrected chi connectivity index (χ4v) is 3.76. The van der Waals surface area contributed by atoms with Gasteiger partial charge in [0.05, 0.1) is 12.0 Å². The summed E-state index contributed by atoms with van der Waals surface area (Å²) in [4.78, 5) is 26.8. The van der Waals surface area contributed by atoms with E-state index in [4.69, 9.17) is 4.74 Å². The molecular weight excluding hydrogens is 336 g/mol. The summed E-state index contributed by atoms with van der Waals surface area (Å²) in [6, 6.07) is 6.90. The Kier molecular flexibility index (Phi) is 6.38. The molecule has 1 heterocycles. The van der Waals surface area contributed by atoms with E-state index >= 15 is 0 Å². The van der Waals surface area contributed by atoms with Crippen molar-refractivity contribution >= 4 is 29.3 Å². The standard InChI is InChI=1S/C19H28N2O3S/c1-13(2)24-15-8-6-14(7-9-15)20-18(23)16-11-25-12-21(16)17(22)10-19(3,4)5/h6-9,13,16H,10-12H2,1-5H3,(H,20,23). The van der Waals surface area contributed by atoms with Gasteiger partial charge in [0, 0.05) is 17.9 Å². The molecule has 1 unspecified atom stereocenters. The van der Waals surface area contributed by atoms with Crippen molar-refractivity contribution in [2.24, 2.45) is 5.41 Å². The number of ether oxygens (including phenoxy) is 1. The van der Waals surface area contributed by atoms with Crippen LogP contribution in [-0.4, -0.2) is 40.5 Å². The smallest absolute Gasteiger partial charge is 0.248 e. The number of hydrogen-bond acceptors (Lipinski definition) is 4. The molecule has 0 aliphatic carbocycles. The van der Waals surface area contributed by atoms with Gasteiger partial charge >= 0.3 is 0 Å². The molecule has 25 heavy (non-hydrogen) atoms. The highest BCUT2D eigenvalue weighted by molar-refractivity contribution is 7.99. The van der Waals surface area contributed by atoms with Crippen molar-refractivity contribution in [2.75, 3.05) is 16.9 Å². The normalized spacial score (nSPS) is 17.7. The maximum atomic E-state index is 12.6. The van der Waals surface area contributed by atoms with Crippen molar-refractivity contribution in [1.29, 1.82) is 0 Å². The molecule has 0 bridgehead atoms. The third-order valence-corrected chi connectivity index (χ3v) is 4.69. The van der Waals surface area contributed by atoms with Gasteiger partial charge in [-0.3, -0.25) is 9.59 Å². The van der Waals surface area contributed by atoms with Crippen molar-refractivity contribution in [2.45, 2.75) is 53.2 Å². The van der Waals surface area contributed by atoms with E-state index in [9.17, 15) is 9.59 Å². The zero-order valence-electron chi connectivity index (χ0n) is 15.7. The van der Waals surface area contributed by atoms with Gasteiger partial charge in [0.2, 0.25) is 11.8 Å². The number of hydrogen-bond donors (Lipinski definition) is 1. The van der Waals surface area contributed by atoms with Crippen molar-refractivity contribution in [3.8, 4) is 5.75 Å². The molecule has 0 saturated carbocycles. The van der Waals surface area contributed by atoms with E-state index in [1.807, 2.05) is 58.9 Å². The SMILES string of the molecule is CC(C)Oc1ccc(NC(=O)C2CSCN2C(=O)CC(C)(C)C)cc1. The van der Waals surface area contributed by atoms with Crippen LogP contribution in [0.2, 0.25) is 0 Å². The maximum Gasteiger partial charge on any atom is 0.248 e. The van der Waals surface area contributed by atoms with Crippen molar-refractivity contribution in [3.63, 3.8) is 0 Å². The first-order valence-corrected chi connectivity index (χ1v) is 9.76. The Balaban J connectivity index is 1.98. The van der Waals surface area contributed by atoms with Crippen molar-refractivity contribution in [1.82, 2.24) is 4.90 Å². The van der Waals surface area contributed by atoms with Crippen LogP contribution in [0, 0.1) is 5.41 Å². The lowest BCUT2D eigenvalue weighted by Crippen LogP contribution is -2.45. The molecule has 1 atom stereocenters. The van der Waals surface area contributed by atoms with E-state index in [1.54, 1.807) is 16.7 Å². The lowest BCUT2D eigenvalue weighted by atomic mass is 9.91. The van der Waals surface area contributed by atoms with Gasteiger partial charge in [-0.25, -0.2) is 0 Å². The molecule has 0 spiro atoms. The lowest BCUT2D eigenvalue weighted by molar-refractivity contribution is -0.137. The summed E-state index contributed by atoms with van der Waals surface area (Å²) < 4.78 is 5.60. The highest BCUT2D eigenvalue weighted by Crippen LogP contribution is 2.27. The quantitative estimate of drug-likeness (QED) is 0.864. The van der Waals surface area contributed by atoms with Gasteiger partial charge in [-0.15, -0.1) is 11.8 Å². The van der Waals surface area contributed by atoms with Crippen LogP contribution in [0.1, 0.15) is 41.0 Å². The fraction of sp³-hybridized carbons (Fsp3) is 0.579. The molecule has 1 saturated heterocycles. The molecule has 1 aliphatic rings. The second kappa shape index (κ2) is 8.13. The fourth-order valence-electron chi connectivity index (χ4n) is 2.58. The Bertz CT molecular complexity index is 608. The summed E-state index contributed by atoms with van der Waals surface area (Å²) in [6.07, 6.45) is 0.553. The maximum absolute atomic E-state index is 12.6. The summed E-state index contributed by atoms with van der Waals surface area (Å²) in [5.74, 6) is 1.89. The van der Waals surface area contributed by atoms with E-state index < -0.39 is 6.04 Å². The summed E-state index contributed by atoms with van der Waals surface area (Å²) in [5.41, 5.74) is 0.624. The molecule has 1 N–H and O–H groups in total. The van der Waals surface area contributed by atoms with Crippen LogP contribution in [-0.2, 0) is 9.59 Å². The van der Waals surface area contributed by atoms with Crippen LogP contribution < -0.4 is 10.1 Å². The predicted molar refractivity (Wildman–Crippen MR) is 103 cm³/mol. The van der Waals surface area contributed by atoms with E-state index in [-0.39, 0.29) is 23.3 Å². The van der Waals surface area contributed by atoms with Gasteiger partial charge in [-0.1, -0.05) is 20.8 Å². The number of anilines is 1. The summed E-state index contributed by atoms with van der Waals surface area (Å²) in [5, 5.41) is 2.91. The number of benzene rings is 1. The largest absolute Gasteiger partial charge is 0.491 e.